The van der Waals surface area contributed by atoms with Crippen molar-refractivity contribution in [1.29, 1.82) is 0 Å². The number of H-pyrrole nitrogens is 2. The molecular weight excluding hydrogens is 385 g/mol. The molecule has 8 heteroatoms. The summed E-state index contributed by atoms with van der Waals surface area (Å²) in [5.74, 6) is 0.0565. The minimum Gasteiger partial charge on any atom is -0.334 e. The number of halogens is 1. The number of urea groups is 1. The molecule has 0 aliphatic carbocycles. The van der Waals surface area contributed by atoms with Crippen LogP contribution >= 0.6 is 0 Å². The summed E-state index contributed by atoms with van der Waals surface area (Å²) in [6, 6.07) is 6.40. The summed E-state index contributed by atoms with van der Waals surface area (Å²) in [7, 11) is 0. The van der Waals surface area contributed by atoms with E-state index in [2.05, 4.69) is 41.0 Å². The van der Waals surface area contributed by atoms with E-state index >= 15 is 0 Å². The third-order valence-corrected chi connectivity index (χ3v) is 5.92. The molecule has 1 saturated heterocycles. The molecular formula is C22H26FN5O2. The number of nitrogens with one attached hydrogen (secondary N) is 3. The number of aromatic nitrogens is 3. The number of benzene rings is 1. The molecule has 158 valence electrons. The Kier molecular flexibility index (Phi) is 5.09. The quantitative estimate of drug-likeness (QED) is 0.614. The van der Waals surface area contributed by atoms with E-state index in [1.54, 1.807) is 29.3 Å². The second kappa shape index (κ2) is 7.59. The highest BCUT2D eigenvalue weighted by Crippen LogP contribution is 2.33. The Morgan fingerprint density at radius 3 is 2.80 bits per heavy atom. The minimum absolute atomic E-state index is 0.119. The first-order chi connectivity index (χ1) is 14.2. The van der Waals surface area contributed by atoms with Crippen LogP contribution in [0.5, 0.6) is 0 Å². The van der Waals surface area contributed by atoms with Crippen LogP contribution in [-0.2, 0) is 6.54 Å². The zero-order valence-electron chi connectivity index (χ0n) is 17.4. The molecule has 3 heterocycles. The Morgan fingerprint density at radius 1 is 1.30 bits per heavy atom. The average molecular weight is 411 g/mol. The summed E-state index contributed by atoms with van der Waals surface area (Å²) >= 11 is 0. The van der Waals surface area contributed by atoms with Crippen LogP contribution in [0, 0.1) is 17.2 Å². The minimum atomic E-state index is -0.412. The number of carbonyl (C=O) groups excluding carboxylic acids is 1. The first kappa shape index (κ1) is 20.1. The SMILES string of the molecule is CC(C)(C)C1CCN(C(=O)NCc2ccc(-c3ccnc4[nH]c(=O)[nH]c34)cc2F)C1. The summed E-state index contributed by atoms with van der Waals surface area (Å²) in [5, 5.41) is 2.83. The first-order valence-electron chi connectivity index (χ1n) is 10.1. The zero-order valence-corrected chi connectivity index (χ0v) is 17.4. The molecule has 0 radical (unpaired) electrons. The number of pyridine rings is 1. The van der Waals surface area contributed by atoms with Gasteiger partial charge >= 0.3 is 11.7 Å². The summed E-state index contributed by atoms with van der Waals surface area (Å²) in [5.41, 5.74) is 2.47. The van der Waals surface area contributed by atoms with E-state index in [0.717, 1.165) is 19.5 Å². The second-order valence-corrected chi connectivity index (χ2v) is 8.92. The number of hydrogen-bond acceptors (Lipinski definition) is 3. The van der Waals surface area contributed by atoms with Crippen molar-refractivity contribution in [2.45, 2.75) is 33.7 Å². The van der Waals surface area contributed by atoms with Crippen molar-refractivity contribution in [3.05, 3.63) is 52.3 Å². The predicted octanol–water partition coefficient (Wildman–Crippen LogP) is 3.63. The van der Waals surface area contributed by atoms with Gasteiger partial charge in [-0.1, -0.05) is 32.9 Å². The fraction of sp³-hybridized carbons (Fsp3) is 0.409. The van der Waals surface area contributed by atoms with Crippen molar-refractivity contribution in [2.75, 3.05) is 13.1 Å². The number of fused-ring (bicyclic) bond motifs is 1. The monoisotopic (exact) mass is 411 g/mol. The maximum atomic E-state index is 14.7. The Balaban J connectivity index is 1.45. The third-order valence-electron chi connectivity index (χ3n) is 5.92. The summed E-state index contributed by atoms with van der Waals surface area (Å²) in [6.45, 7) is 8.14. The normalized spacial score (nSPS) is 16.9. The lowest BCUT2D eigenvalue weighted by molar-refractivity contribution is 0.196. The highest BCUT2D eigenvalue weighted by atomic mass is 19.1. The predicted molar refractivity (Wildman–Crippen MR) is 113 cm³/mol. The van der Waals surface area contributed by atoms with Gasteiger partial charge in [0.15, 0.2) is 5.65 Å². The number of likely N-dealkylation sites (tertiary alicyclic amines) is 1. The second-order valence-electron chi connectivity index (χ2n) is 8.92. The molecule has 3 N–H and O–H groups in total. The summed E-state index contributed by atoms with van der Waals surface area (Å²) in [4.78, 5) is 35.2. The number of aromatic amines is 2. The lowest BCUT2D eigenvalue weighted by atomic mass is 9.80. The summed E-state index contributed by atoms with van der Waals surface area (Å²) in [6.07, 6.45) is 2.55. The molecule has 0 saturated carbocycles. The van der Waals surface area contributed by atoms with E-state index in [9.17, 15) is 14.0 Å². The molecule has 1 aliphatic rings. The maximum absolute atomic E-state index is 14.7. The van der Waals surface area contributed by atoms with Gasteiger partial charge in [0.2, 0.25) is 0 Å². The van der Waals surface area contributed by atoms with Gasteiger partial charge in [-0.25, -0.2) is 19.0 Å². The van der Waals surface area contributed by atoms with Crippen LogP contribution in [0.3, 0.4) is 0 Å². The average Bonchev–Trinajstić information content (AvgIpc) is 3.32. The number of amides is 2. The molecule has 4 rings (SSSR count). The molecule has 1 aromatic carbocycles. The molecule has 1 aliphatic heterocycles. The van der Waals surface area contributed by atoms with Crippen LogP contribution in [0.2, 0.25) is 0 Å². The van der Waals surface area contributed by atoms with Crippen molar-refractivity contribution >= 4 is 17.2 Å². The van der Waals surface area contributed by atoms with E-state index in [1.807, 2.05) is 0 Å². The van der Waals surface area contributed by atoms with E-state index in [-0.39, 0.29) is 23.7 Å². The van der Waals surface area contributed by atoms with Gasteiger partial charge in [-0.3, -0.25) is 4.98 Å². The molecule has 1 unspecified atom stereocenters. The topological polar surface area (TPSA) is 93.9 Å². The lowest BCUT2D eigenvalue weighted by Crippen LogP contribution is -2.39. The fourth-order valence-electron chi connectivity index (χ4n) is 3.97. The molecule has 2 amide bonds. The Bertz CT molecular complexity index is 1140. The van der Waals surface area contributed by atoms with Crippen molar-refractivity contribution < 1.29 is 9.18 Å². The van der Waals surface area contributed by atoms with E-state index < -0.39 is 5.82 Å². The van der Waals surface area contributed by atoms with E-state index in [4.69, 9.17) is 0 Å². The van der Waals surface area contributed by atoms with Gasteiger partial charge in [0.25, 0.3) is 0 Å². The molecule has 1 atom stereocenters. The molecule has 7 nitrogen and oxygen atoms in total. The number of carbonyl (C=O) groups is 1. The van der Waals surface area contributed by atoms with Crippen LogP contribution in [-0.4, -0.2) is 39.0 Å². The van der Waals surface area contributed by atoms with Gasteiger partial charge < -0.3 is 15.2 Å². The Morgan fingerprint density at radius 2 is 2.10 bits per heavy atom. The van der Waals surface area contributed by atoms with E-state index in [0.29, 0.717) is 33.8 Å². The molecule has 1 fully saturated rings. The van der Waals surface area contributed by atoms with Crippen LogP contribution in [0.15, 0.2) is 35.3 Å². The van der Waals surface area contributed by atoms with Gasteiger partial charge in [-0.15, -0.1) is 0 Å². The lowest BCUT2D eigenvalue weighted by Gasteiger charge is -2.27. The first-order valence-corrected chi connectivity index (χ1v) is 10.1. The molecule has 0 bridgehead atoms. The van der Waals surface area contributed by atoms with Crippen LogP contribution in [0.1, 0.15) is 32.8 Å². The number of imidazole rings is 1. The largest absolute Gasteiger partial charge is 0.334 e. The smallest absolute Gasteiger partial charge is 0.325 e. The highest BCUT2D eigenvalue weighted by Gasteiger charge is 2.33. The maximum Gasteiger partial charge on any atom is 0.325 e. The third kappa shape index (κ3) is 3.94. The molecule has 3 aromatic rings. The number of nitrogens with zero attached hydrogens (tertiary/aromatic N) is 2. The van der Waals surface area contributed by atoms with Crippen molar-refractivity contribution in [1.82, 2.24) is 25.2 Å². The van der Waals surface area contributed by atoms with Gasteiger partial charge in [0, 0.05) is 37.0 Å². The van der Waals surface area contributed by atoms with Gasteiger partial charge in [0.05, 0.1) is 5.52 Å². The standard InChI is InChI=1S/C22H26FN5O2/c1-22(2,3)15-7-9-28(12-15)21(30)25-11-14-5-4-13(10-17(14)23)16-6-8-24-19-18(16)26-20(29)27-19/h4-6,8,10,15H,7,9,11-12H2,1-3H3,(H,25,30)(H2,24,26,27,29). The van der Waals surface area contributed by atoms with Crippen LogP contribution in [0.4, 0.5) is 9.18 Å². The zero-order chi connectivity index (χ0) is 21.5. The number of hydrogen-bond donors (Lipinski definition) is 3. The molecule has 30 heavy (non-hydrogen) atoms. The summed E-state index contributed by atoms with van der Waals surface area (Å²) < 4.78 is 14.7. The van der Waals surface area contributed by atoms with Crippen molar-refractivity contribution in [3.8, 4) is 11.1 Å². The van der Waals surface area contributed by atoms with Gasteiger partial charge in [-0.2, -0.15) is 0 Å². The van der Waals surface area contributed by atoms with Crippen molar-refractivity contribution in [2.24, 2.45) is 11.3 Å². The Hall–Kier alpha value is -3.16. The van der Waals surface area contributed by atoms with Crippen LogP contribution in [0.25, 0.3) is 22.3 Å². The number of rotatable bonds is 3. The molecule has 0 spiro atoms. The fourth-order valence-corrected chi connectivity index (χ4v) is 3.97. The van der Waals surface area contributed by atoms with Crippen LogP contribution < -0.4 is 11.0 Å². The Labute approximate surface area is 173 Å². The molecule has 2 aromatic heterocycles. The van der Waals surface area contributed by atoms with Gasteiger partial charge in [-0.05, 0) is 35.4 Å². The van der Waals surface area contributed by atoms with Crippen molar-refractivity contribution in [3.63, 3.8) is 0 Å². The van der Waals surface area contributed by atoms with Gasteiger partial charge in [0.1, 0.15) is 5.82 Å². The highest BCUT2D eigenvalue weighted by molar-refractivity contribution is 5.89. The van der Waals surface area contributed by atoms with E-state index in [1.165, 1.54) is 6.07 Å².